The van der Waals surface area contributed by atoms with Crippen molar-refractivity contribution >= 4 is 5.91 Å². The third kappa shape index (κ3) is 4.01. The van der Waals surface area contributed by atoms with E-state index in [0.717, 1.165) is 49.3 Å². The highest BCUT2D eigenvalue weighted by Crippen LogP contribution is 2.26. The molecular formula is C24H27N3O. The van der Waals surface area contributed by atoms with Crippen molar-refractivity contribution in [1.29, 1.82) is 0 Å². The van der Waals surface area contributed by atoms with Crippen LogP contribution in [0.5, 0.6) is 0 Å². The fourth-order valence-corrected chi connectivity index (χ4v) is 4.19. The summed E-state index contributed by atoms with van der Waals surface area (Å²) in [7, 11) is 0. The van der Waals surface area contributed by atoms with E-state index in [1.165, 1.54) is 17.5 Å². The molecule has 2 aromatic carbocycles. The predicted octanol–water partition coefficient (Wildman–Crippen LogP) is 4.87. The molecule has 0 unspecified atom stereocenters. The molecule has 4 heteroatoms. The van der Waals surface area contributed by atoms with Crippen molar-refractivity contribution in [2.75, 3.05) is 13.1 Å². The lowest BCUT2D eigenvalue weighted by Gasteiger charge is -2.33. The van der Waals surface area contributed by atoms with Crippen LogP contribution < -0.4 is 0 Å². The summed E-state index contributed by atoms with van der Waals surface area (Å²) in [6.07, 6.45) is 8.01. The van der Waals surface area contributed by atoms with Gasteiger partial charge in [0.1, 0.15) is 5.82 Å². The van der Waals surface area contributed by atoms with E-state index in [1.807, 2.05) is 29.2 Å². The van der Waals surface area contributed by atoms with Gasteiger partial charge in [-0.25, -0.2) is 4.98 Å². The van der Waals surface area contributed by atoms with Crippen molar-refractivity contribution in [3.8, 4) is 11.4 Å². The first kappa shape index (κ1) is 18.5. The third-order valence-electron chi connectivity index (χ3n) is 5.80. The lowest BCUT2D eigenvalue weighted by molar-refractivity contribution is 0.0669. The Morgan fingerprint density at radius 1 is 1.18 bits per heavy atom. The largest absolute Gasteiger partial charge is 0.345 e. The van der Waals surface area contributed by atoms with Gasteiger partial charge in [0.2, 0.25) is 0 Å². The Bertz CT molecular complexity index is 933. The Kier molecular flexibility index (Phi) is 5.56. The van der Waals surface area contributed by atoms with Crippen LogP contribution >= 0.6 is 0 Å². The Hall–Kier alpha value is -2.88. The maximum absolute atomic E-state index is 13.3. The summed E-state index contributed by atoms with van der Waals surface area (Å²) in [6, 6.07) is 16.4. The van der Waals surface area contributed by atoms with Gasteiger partial charge in [0, 0.05) is 31.0 Å². The van der Waals surface area contributed by atoms with Gasteiger partial charge in [-0.2, -0.15) is 0 Å². The molecule has 0 spiro atoms. The second-order valence-electron chi connectivity index (χ2n) is 7.71. The smallest absolute Gasteiger partial charge is 0.254 e. The van der Waals surface area contributed by atoms with Crippen molar-refractivity contribution < 1.29 is 4.79 Å². The van der Waals surface area contributed by atoms with E-state index in [9.17, 15) is 4.79 Å². The summed E-state index contributed by atoms with van der Waals surface area (Å²) in [5.74, 6) is 1.43. The van der Waals surface area contributed by atoms with Gasteiger partial charge < -0.3 is 9.88 Å². The van der Waals surface area contributed by atoms with Crippen LogP contribution in [0.2, 0.25) is 0 Å². The molecule has 0 saturated carbocycles. The van der Waals surface area contributed by atoms with Gasteiger partial charge in [0.15, 0.2) is 0 Å². The van der Waals surface area contributed by atoms with Crippen molar-refractivity contribution in [3.05, 3.63) is 77.6 Å². The van der Waals surface area contributed by atoms with Gasteiger partial charge in [-0.05, 0) is 55.7 Å². The van der Waals surface area contributed by atoms with Gasteiger partial charge >= 0.3 is 0 Å². The van der Waals surface area contributed by atoms with E-state index in [4.69, 9.17) is 0 Å². The number of rotatable bonds is 5. The van der Waals surface area contributed by atoms with Gasteiger partial charge in [-0.3, -0.25) is 4.79 Å². The van der Waals surface area contributed by atoms with Crippen molar-refractivity contribution in [2.24, 2.45) is 5.92 Å². The molecule has 1 aliphatic rings. The van der Waals surface area contributed by atoms with Crippen molar-refractivity contribution in [2.45, 2.75) is 32.6 Å². The summed E-state index contributed by atoms with van der Waals surface area (Å²) in [4.78, 5) is 22.8. The number of aryl methyl sites for hydroxylation is 2. The number of nitrogens with one attached hydrogen (secondary N) is 1. The average Bonchev–Trinajstić information content (AvgIpc) is 3.28. The topological polar surface area (TPSA) is 49.0 Å². The predicted molar refractivity (Wildman–Crippen MR) is 112 cm³/mol. The summed E-state index contributed by atoms with van der Waals surface area (Å²) < 4.78 is 0. The number of amides is 1. The molecule has 1 N–H and O–H groups in total. The molecule has 3 aromatic rings. The minimum absolute atomic E-state index is 0.118. The minimum Gasteiger partial charge on any atom is -0.345 e. The SMILES string of the molecule is Cc1ccccc1CC[C@H]1CCCN(C(=O)c2ccccc2-c2ncc[nH]2)C1. The van der Waals surface area contributed by atoms with E-state index in [0.29, 0.717) is 5.92 Å². The molecule has 144 valence electrons. The quantitative estimate of drug-likeness (QED) is 0.694. The van der Waals surface area contributed by atoms with Crippen molar-refractivity contribution in [1.82, 2.24) is 14.9 Å². The highest BCUT2D eigenvalue weighted by Gasteiger charge is 2.26. The second-order valence-corrected chi connectivity index (χ2v) is 7.71. The summed E-state index contributed by atoms with van der Waals surface area (Å²) >= 11 is 0. The number of aromatic amines is 1. The van der Waals surface area contributed by atoms with Crippen LogP contribution in [0.1, 0.15) is 40.7 Å². The standard InChI is InChI=1S/C24H27N3O/c1-18-7-2-3-9-20(18)13-12-19-8-6-16-27(17-19)24(28)22-11-5-4-10-21(22)23-25-14-15-26-23/h2-5,7,9-11,14-15,19H,6,8,12-13,16-17H2,1H3,(H,25,26)/t19-/m1/s1. The van der Waals surface area contributed by atoms with Crippen LogP contribution in [0.3, 0.4) is 0 Å². The number of benzene rings is 2. The number of H-pyrrole nitrogens is 1. The highest BCUT2D eigenvalue weighted by atomic mass is 16.2. The van der Waals surface area contributed by atoms with Gasteiger partial charge in [-0.1, -0.05) is 42.5 Å². The zero-order chi connectivity index (χ0) is 19.3. The molecule has 1 amide bonds. The first-order chi connectivity index (χ1) is 13.7. The van der Waals surface area contributed by atoms with Gasteiger partial charge in [0.25, 0.3) is 5.91 Å². The normalized spacial score (nSPS) is 16.9. The molecule has 0 bridgehead atoms. The number of carbonyl (C=O) groups excluding carboxylic acids is 1. The van der Waals surface area contributed by atoms with E-state index >= 15 is 0 Å². The Balaban J connectivity index is 1.45. The molecular weight excluding hydrogens is 346 g/mol. The van der Waals surface area contributed by atoms with Crippen LogP contribution in [0, 0.1) is 12.8 Å². The molecule has 2 heterocycles. The van der Waals surface area contributed by atoms with E-state index in [2.05, 4.69) is 41.2 Å². The molecule has 0 aliphatic carbocycles. The van der Waals surface area contributed by atoms with Crippen LogP contribution in [0.25, 0.3) is 11.4 Å². The maximum atomic E-state index is 13.3. The number of likely N-dealkylation sites (tertiary alicyclic amines) is 1. The minimum atomic E-state index is 0.118. The number of imidazole rings is 1. The third-order valence-corrected chi connectivity index (χ3v) is 5.80. The van der Waals surface area contributed by atoms with Crippen LogP contribution in [-0.2, 0) is 6.42 Å². The Morgan fingerprint density at radius 3 is 2.82 bits per heavy atom. The Labute approximate surface area is 166 Å². The van der Waals surface area contributed by atoms with Crippen LogP contribution in [-0.4, -0.2) is 33.9 Å². The molecule has 28 heavy (non-hydrogen) atoms. The summed E-state index contributed by atoms with van der Waals surface area (Å²) in [6.45, 7) is 3.86. The van der Waals surface area contributed by atoms with Crippen molar-refractivity contribution in [3.63, 3.8) is 0 Å². The number of nitrogens with zero attached hydrogens (tertiary/aromatic N) is 2. The number of carbonyl (C=O) groups is 1. The zero-order valence-corrected chi connectivity index (χ0v) is 16.4. The summed E-state index contributed by atoms with van der Waals surface area (Å²) in [5, 5.41) is 0. The molecule has 1 saturated heterocycles. The monoisotopic (exact) mass is 373 g/mol. The average molecular weight is 374 g/mol. The lowest BCUT2D eigenvalue weighted by Crippen LogP contribution is -2.40. The maximum Gasteiger partial charge on any atom is 0.254 e. The Morgan fingerprint density at radius 2 is 2.00 bits per heavy atom. The first-order valence-corrected chi connectivity index (χ1v) is 10.1. The zero-order valence-electron chi connectivity index (χ0n) is 16.4. The number of hydrogen-bond donors (Lipinski definition) is 1. The number of aromatic nitrogens is 2. The second kappa shape index (κ2) is 8.42. The fourth-order valence-electron chi connectivity index (χ4n) is 4.19. The number of piperidine rings is 1. The molecule has 4 nitrogen and oxygen atoms in total. The molecule has 1 aromatic heterocycles. The van der Waals surface area contributed by atoms with E-state index < -0.39 is 0 Å². The van der Waals surface area contributed by atoms with Crippen LogP contribution in [0.4, 0.5) is 0 Å². The molecule has 4 rings (SSSR count). The number of hydrogen-bond acceptors (Lipinski definition) is 2. The van der Waals surface area contributed by atoms with Crippen LogP contribution in [0.15, 0.2) is 60.9 Å². The van der Waals surface area contributed by atoms with E-state index in [-0.39, 0.29) is 5.91 Å². The first-order valence-electron chi connectivity index (χ1n) is 10.1. The fraction of sp³-hybridized carbons (Fsp3) is 0.333. The molecule has 1 atom stereocenters. The molecule has 0 radical (unpaired) electrons. The van der Waals surface area contributed by atoms with E-state index in [1.54, 1.807) is 12.4 Å². The molecule has 1 fully saturated rings. The van der Waals surface area contributed by atoms with Gasteiger partial charge in [-0.15, -0.1) is 0 Å². The highest BCUT2D eigenvalue weighted by molar-refractivity contribution is 6.00. The lowest BCUT2D eigenvalue weighted by atomic mass is 9.90. The molecule has 1 aliphatic heterocycles. The summed E-state index contributed by atoms with van der Waals surface area (Å²) in [5.41, 5.74) is 4.39. The van der Waals surface area contributed by atoms with Gasteiger partial charge in [0.05, 0.1) is 5.56 Å².